The van der Waals surface area contributed by atoms with E-state index in [1.54, 1.807) is 18.2 Å². The van der Waals surface area contributed by atoms with Crippen LogP contribution in [0.2, 0.25) is 0 Å². The van der Waals surface area contributed by atoms with E-state index in [1.807, 2.05) is 26.0 Å². The second-order valence-corrected chi connectivity index (χ2v) is 7.38. The fourth-order valence-electron chi connectivity index (χ4n) is 3.75. The quantitative estimate of drug-likeness (QED) is 0.707. The van der Waals surface area contributed by atoms with Crippen LogP contribution in [-0.2, 0) is 4.79 Å². The predicted molar refractivity (Wildman–Crippen MR) is 107 cm³/mol. The Kier molecular flexibility index (Phi) is 6.23. The Balaban J connectivity index is 1.64. The minimum Gasteiger partial charge on any atom is -0.481 e. The first kappa shape index (κ1) is 19.8. The molecule has 0 unspecified atom stereocenters. The molecule has 3 N–H and O–H groups in total. The van der Waals surface area contributed by atoms with Gasteiger partial charge in [0, 0.05) is 29.2 Å². The lowest BCUT2D eigenvalue weighted by molar-refractivity contribution is -0.144. The molecule has 0 spiro atoms. The van der Waals surface area contributed by atoms with Gasteiger partial charge in [0.2, 0.25) is 5.95 Å². The van der Waals surface area contributed by atoms with Crippen LogP contribution in [0.4, 0.5) is 11.6 Å². The van der Waals surface area contributed by atoms with Crippen molar-refractivity contribution in [3.63, 3.8) is 0 Å². The van der Waals surface area contributed by atoms with Crippen molar-refractivity contribution in [2.75, 3.05) is 11.9 Å². The van der Waals surface area contributed by atoms with E-state index in [2.05, 4.69) is 20.6 Å². The van der Waals surface area contributed by atoms with Crippen LogP contribution in [-0.4, -0.2) is 33.5 Å². The predicted octanol–water partition coefficient (Wildman–Crippen LogP) is 3.46. The normalized spacial score (nSPS) is 19.1. The van der Waals surface area contributed by atoms with Gasteiger partial charge in [-0.3, -0.25) is 9.59 Å². The van der Waals surface area contributed by atoms with Crippen molar-refractivity contribution in [3.8, 4) is 0 Å². The van der Waals surface area contributed by atoms with E-state index in [9.17, 15) is 14.7 Å². The summed E-state index contributed by atoms with van der Waals surface area (Å²) in [5, 5.41) is 15.4. The number of aryl methyl sites for hydroxylation is 2. The number of hydrogen-bond acceptors (Lipinski definition) is 5. The molecule has 0 saturated heterocycles. The Morgan fingerprint density at radius 3 is 2.54 bits per heavy atom. The number of carboxylic acid groups (broad SMARTS) is 1. The van der Waals surface area contributed by atoms with Crippen molar-refractivity contribution in [1.82, 2.24) is 15.3 Å². The van der Waals surface area contributed by atoms with E-state index in [0.717, 1.165) is 36.3 Å². The van der Waals surface area contributed by atoms with Crippen LogP contribution in [0, 0.1) is 25.7 Å². The van der Waals surface area contributed by atoms with Crippen LogP contribution >= 0.6 is 0 Å². The van der Waals surface area contributed by atoms with Crippen LogP contribution in [0.15, 0.2) is 30.3 Å². The lowest BCUT2D eigenvalue weighted by Gasteiger charge is -2.28. The van der Waals surface area contributed by atoms with Crippen LogP contribution < -0.4 is 10.6 Å². The molecule has 148 valence electrons. The molecule has 3 rings (SSSR count). The second kappa shape index (κ2) is 8.82. The van der Waals surface area contributed by atoms with Crippen molar-refractivity contribution in [2.45, 2.75) is 39.5 Å². The molecule has 2 atom stereocenters. The molecule has 1 aliphatic rings. The van der Waals surface area contributed by atoms with E-state index in [1.165, 1.54) is 0 Å². The maximum atomic E-state index is 12.6. The summed E-state index contributed by atoms with van der Waals surface area (Å²) in [4.78, 5) is 32.7. The largest absolute Gasteiger partial charge is 0.481 e. The van der Waals surface area contributed by atoms with Gasteiger partial charge in [-0.1, -0.05) is 18.9 Å². The van der Waals surface area contributed by atoms with Gasteiger partial charge in [0.25, 0.3) is 5.91 Å². The number of nitrogens with one attached hydrogen (secondary N) is 2. The Morgan fingerprint density at radius 1 is 1.11 bits per heavy atom. The fraction of sp³-hybridized carbons (Fsp3) is 0.429. The summed E-state index contributed by atoms with van der Waals surface area (Å²) in [6.45, 7) is 4.19. The molecular weight excluding hydrogens is 356 g/mol. The maximum absolute atomic E-state index is 12.6. The standard InChI is InChI=1S/C21H26N4O3/c1-13-10-14(2)24-21(23-13)25-17-8-5-7-15(11-17)19(26)22-12-16-6-3-4-9-18(16)20(27)28/h5,7-8,10-11,16,18H,3-4,6,9,12H2,1-2H3,(H,22,26)(H,27,28)(H,23,24,25)/t16-,18-/m0/s1. The molecule has 1 aromatic carbocycles. The van der Waals surface area contributed by atoms with Gasteiger partial charge in [0.1, 0.15) is 0 Å². The number of hydrogen-bond donors (Lipinski definition) is 3. The molecule has 0 aliphatic heterocycles. The van der Waals surface area contributed by atoms with E-state index >= 15 is 0 Å². The Morgan fingerprint density at radius 2 is 1.82 bits per heavy atom. The highest BCUT2D eigenvalue weighted by atomic mass is 16.4. The van der Waals surface area contributed by atoms with Gasteiger partial charge in [-0.05, 0) is 56.9 Å². The van der Waals surface area contributed by atoms with Crippen LogP contribution in [0.5, 0.6) is 0 Å². The van der Waals surface area contributed by atoms with Gasteiger partial charge < -0.3 is 15.7 Å². The number of amides is 1. The molecule has 2 aromatic rings. The smallest absolute Gasteiger partial charge is 0.306 e. The summed E-state index contributed by atoms with van der Waals surface area (Å²) in [6, 6.07) is 9.01. The molecule has 1 heterocycles. The molecule has 1 fully saturated rings. The third kappa shape index (κ3) is 5.06. The second-order valence-electron chi connectivity index (χ2n) is 7.38. The number of aliphatic carboxylic acids is 1. The first-order chi connectivity index (χ1) is 13.4. The van der Waals surface area contributed by atoms with E-state index in [4.69, 9.17) is 0 Å². The van der Waals surface area contributed by atoms with Gasteiger partial charge in [-0.15, -0.1) is 0 Å². The maximum Gasteiger partial charge on any atom is 0.306 e. The third-order valence-corrected chi connectivity index (χ3v) is 5.11. The summed E-state index contributed by atoms with van der Waals surface area (Å²) in [5.41, 5.74) is 2.96. The van der Waals surface area contributed by atoms with Crippen molar-refractivity contribution >= 4 is 23.5 Å². The highest BCUT2D eigenvalue weighted by Gasteiger charge is 2.30. The number of benzene rings is 1. The minimum atomic E-state index is -0.765. The molecule has 0 radical (unpaired) electrons. The molecule has 1 saturated carbocycles. The Bertz CT molecular complexity index is 848. The zero-order valence-corrected chi connectivity index (χ0v) is 16.2. The fourth-order valence-corrected chi connectivity index (χ4v) is 3.75. The zero-order chi connectivity index (χ0) is 20.1. The van der Waals surface area contributed by atoms with Crippen molar-refractivity contribution in [1.29, 1.82) is 0 Å². The number of carboxylic acids is 1. The van der Waals surface area contributed by atoms with E-state index in [0.29, 0.717) is 24.5 Å². The average Bonchev–Trinajstić information content (AvgIpc) is 2.65. The summed E-state index contributed by atoms with van der Waals surface area (Å²) < 4.78 is 0. The Hall–Kier alpha value is -2.96. The number of carbonyl (C=O) groups is 2. The molecule has 28 heavy (non-hydrogen) atoms. The number of aromatic nitrogens is 2. The van der Waals surface area contributed by atoms with Crippen molar-refractivity contribution in [3.05, 3.63) is 47.3 Å². The number of rotatable bonds is 6. The van der Waals surface area contributed by atoms with Gasteiger partial charge in [0.05, 0.1) is 5.92 Å². The van der Waals surface area contributed by atoms with Crippen LogP contribution in [0.25, 0.3) is 0 Å². The molecule has 7 nitrogen and oxygen atoms in total. The van der Waals surface area contributed by atoms with E-state index < -0.39 is 5.97 Å². The zero-order valence-electron chi connectivity index (χ0n) is 16.2. The van der Waals surface area contributed by atoms with Crippen LogP contribution in [0.1, 0.15) is 47.4 Å². The summed E-state index contributed by atoms with van der Waals surface area (Å²) in [7, 11) is 0. The Labute approximate surface area is 164 Å². The summed E-state index contributed by atoms with van der Waals surface area (Å²) in [5.74, 6) is -0.871. The molecular formula is C21H26N4O3. The molecule has 0 bridgehead atoms. The van der Waals surface area contributed by atoms with Gasteiger partial charge in [-0.25, -0.2) is 9.97 Å². The van der Waals surface area contributed by atoms with E-state index in [-0.39, 0.29) is 17.7 Å². The lowest BCUT2D eigenvalue weighted by Crippen LogP contribution is -2.37. The summed E-state index contributed by atoms with van der Waals surface area (Å²) >= 11 is 0. The number of carbonyl (C=O) groups excluding carboxylic acids is 1. The number of nitrogens with zero attached hydrogens (tertiary/aromatic N) is 2. The van der Waals surface area contributed by atoms with Crippen molar-refractivity contribution in [2.24, 2.45) is 11.8 Å². The minimum absolute atomic E-state index is 0.0137. The first-order valence-electron chi connectivity index (χ1n) is 9.63. The molecule has 1 aromatic heterocycles. The molecule has 7 heteroatoms. The van der Waals surface area contributed by atoms with Gasteiger partial charge in [-0.2, -0.15) is 0 Å². The van der Waals surface area contributed by atoms with Gasteiger partial charge in [0.15, 0.2) is 0 Å². The monoisotopic (exact) mass is 382 g/mol. The molecule has 1 amide bonds. The average molecular weight is 382 g/mol. The first-order valence-corrected chi connectivity index (χ1v) is 9.63. The third-order valence-electron chi connectivity index (χ3n) is 5.11. The topological polar surface area (TPSA) is 104 Å². The number of anilines is 2. The summed E-state index contributed by atoms with van der Waals surface area (Å²) in [6.07, 6.45) is 3.48. The highest BCUT2D eigenvalue weighted by Crippen LogP contribution is 2.29. The van der Waals surface area contributed by atoms with Crippen molar-refractivity contribution < 1.29 is 14.7 Å². The SMILES string of the molecule is Cc1cc(C)nc(Nc2cccc(C(=O)NC[C@@H]3CCCC[C@@H]3C(=O)O)c2)n1. The van der Waals surface area contributed by atoms with Gasteiger partial charge >= 0.3 is 5.97 Å². The lowest BCUT2D eigenvalue weighted by atomic mass is 9.79. The van der Waals surface area contributed by atoms with Crippen LogP contribution in [0.3, 0.4) is 0 Å². The molecule has 1 aliphatic carbocycles. The highest BCUT2D eigenvalue weighted by molar-refractivity contribution is 5.95.